The Balaban J connectivity index is 2.68. The van der Waals surface area contributed by atoms with Gasteiger partial charge in [0.1, 0.15) is 6.34 Å². The summed E-state index contributed by atoms with van der Waals surface area (Å²) in [6.45, 7) is 0. The van der Waals surface area contributed by atoms with Crippen LogP contribution in [0, 0.1) is 0 Å². The predicted octanol–water partition coefficient (Wildman–Crippen LogP) is 0.952. The second kappa shape index (κ2) is 4.98. The molecule has 5 heteroatoms. The predicted molar refractivity (Wildman–Crippen MR) is 50.9 cm³/mol. The molecule has 0 saturated carbocycles. The first kappa shape index (κ1) is 10.2. The first-order chi connectivity index (χ1) is 6.72. The van der Waals surface area contributed by atoms with E-state index in [0.29, 0.717) is 11.3 Å². The van der Waals surface area contributed by atoms with E-state index in [4.69, 9.17) is 10.3 Å². The molecule has 0 spiro atoms. The van der Waals surface area contributed by atoms with Crippen LogP contribution in [0.15, 0.2) is 29.3 Å². The van der Waals surface area contributed by atoms with Crippen molar-refractivity contribution in [2.24, 2.45) is 4.99 Å². The Morgan fingerprint density at radius 1 is 1.43 bits per heavy atom. The molecule has 0 aliphatic carbocycles. The van der Waals surface area contributed by atoms with Crippen LogP contribution in [-0.4, -0.2) is 22.6 Å². The normalized spacial score (nSPS) is 10.4. The van der Waals surface area contributed by atoms with Crippen LogP contribution < -0.4 is 5.48 Å². The minimum Gasteiger partial charge on any atom is -0.481 e. The lowest BCUT2D eigenvalue weighted by atomic mass is 10.1. The third-order valence-electron chi connectivity index (χ3n) is 1.56. The maximum Gasteiger partial charge on any atom is 0.307 e. The third-order valence-corrected chi connectivity index (χ3v) is 1.56. The molecule has 0 aromatic heterocycles. The molecule has 0 unspecified atom stereocenters. The Hall–Kier alpha value is -1.88. The van der Waals surface area contributed by atoms with Gasteiger partial charge in [0.05, 0.1) is 12.1 Å². The van der Waals surface area contributed by atoms with Gasteiger partial charge < -0.3 is 5.11 Å². The average molecular weight is 194 g/mol. The van der Waals surface area contributed by atoms with Crippen molar-refractivity contribution in [2.45, 2.75) is 6.42 Å². The van der Waals surface area contributed by atoms with Crippen LogP contribution in [0.3, 0.4) is 0 Å². The topological polar surface area (TPSA) is 81.9 Å². The van der Waals surface area contributed by atoms with Gasteiger partial charge in [-0.05, 0) is 17.7 Å². The van der Waals surface area contributed by atoms with Crippen molar-refractivity contribution >= 4 is 18.0 Å². The van der Waals surface area contributed by atoms with Crippen LogP contribution in [0.1, 0.15) is 5.56 Å². The molecule has 0 atom stereocenters. The summed E-state index contributed by atoms with van der Waals surface area (Å²) in [5.41, 5.74) is 3.13. The van der Waals surface area contributed by atoms with Crippen molar-refractivity contribution < 1.29 is 15.1 Å². The van der Waals surface area contributed by atoms with E-state index in [1.165, 1.54) is 0 Å². The van der Waals surface area contributed by atoms with Crippen LogP contribution >= 0.6 is 0 Å². The molecule has 1 aromatic rings. The zero-order chi connectivity index (χ0) is 10.4. The molecule has 3 N–H and O–H groups in total. The Labute approximate surface area is 80.7 Å². The van der Waals surface area contributed by atoms with Gasteiger partial charge in [0, 0.05) is 0 Å². The fourth-order valence-corrected chi connectivity index (χ4v) is 0.978. The van der Waals surface area contributed by atoms with Crippen LogP contribution in [0.25, 0.3) is 0 Å². The largest absolute Gasteiger partial charge is 0.481 e. The number of hydrogen-bond donors (Lipinski definition) is 3. The molecule has 1 rings (SSSR count). The quantitative estimate of drug-likeness (QED) is 0.378. The van der Waals surface area contributed by atoms with Crippen molar-refractivity contribution in [3.8, 4) is 0 Å². The first-order valence-electron chi connectivity index (χ1n) is 3.95. The number of aliphatic carboxylic acids is 1. The van der Waals surface area contributed by atoms with Gasteiger partial charge in [-0.15, -0.1) is 0 Å². The molecule has 1 aromatic carbocycles. The maximum atomic E-state index is 10.4. The summed E-state index contributed by atoms with van der Waals surface area (Å²) in [4.78, 5) is 14.2. The lowest BCUT2D eigenvalue weighted by Crippen LogP contribution is -2.01. The second-order valence-electron chi connectivity index (χ2n) is 2.62. The van der Waals surface area contributed by atoms with Crippen LogP contribution in [0.5, 0.6) is 0 Å². The van der Waals surface area contributed by atoms with Crippen molar-refractivity contribution in [1.82, 2.24) is 5.48 Å². The van der Waals surface area contributed by atoms with Gasteiger partial charge in [0.2, 0.25) is 0 Å². The highest BCUT2D eigenvalue weighted by molar-refractivity contribution is 5.70. The van der Waals surface area contributed by atoms with E-state index in [2.05, 4.69) is 4.99 Å². The summed E-state index contributed by atoms with van der Waals surface area (Å²) in [6, 6.07) is 6.70. The number of aliphatic imine (C=N–C) groups is 1. The highest BCUT2D eigenvalue weighted by atomic mass is 16.5. The van der Waals surface area contributed by atoms with E-state index in [1.54, 1.807) is 29.7 Å². The smallest absolute Gasteiger partial charge is 0.307 e. The number of hydroxylamine groups is 1. The summed E-state index contributed by atoms with van der Waals surface area (Å²) in [7, 11) is 0. The molecular formula is C9H10N2O3. The lowest BCUT2D eigenvalue weighted by Gasteiger charge is -1.97. The maximum absolute atomic E-state index is 10.4. The van der Waals surface area contributed by atoms with Gasteiger partial charge >= 0.3 is 5.97 Å². The summed E-state index contributed by atoms with van der Waals surface area (Å²) in [5.74, 6) is -0.863. The highest BCUT2D eigenvalue weighted by Crippen LogP contribution is 2.12. The zero-order valence-electron chi connectivity index (χ0n) is 7.34. The standard InChI is InChI=1S/C9H10N2O3/c12-9(13)5-7-1-3-8(4-2-7)10-6-11-14/h1-4,6,14H,5H2,(H,10,11)(H,12,13). The van der Waals surface area contributed by atoms with Gasteiger partial charge in [-0.1, -0.05) is 12.1 Å². The van der Waals surface area contributed by atoms with Crippen LogP contribution in [-0.2, 0) is 11.2 Å². The molecule has 0 radical (unpaired) electrons. The summed E-state index contributed by atoms with van der Waals surface area (Å²) in [6.07, 6.45) is 1.13. The van der Waals surface area contributed by atoms with E-state index in [-0.39, 0.29) is 6.42 Å². The van der Waals surface area contributed by atoms with E-state index >= 15 is 0 Å². The number of benzene rings is 1. The number of nitrogens with zero attached hydrogens (tertiary/aromatic N) is 1. The molecule has 0 heterocycles. The molecule has 74 valence electrons. The molecule has 14 heavy (non-hydrogen) atoms. The Morgan fingerprint density at radius 2 is 2.07 bits per heavy atom. The summed E-state index contributed by atoms with van der Waals surface area (Å²) in [5, 5.41) is 16.7. The zero-order valence-corrected chi connectivity index (χ0v) is 7.34. The Kier molecular flexibility index (Phi) is 3.63. The van der Waals surface area contributed by atoms with Gasteiger partial charge in [-0.25, -0.2) is 4.99 Å². The second-order valence-corrected chi connectivity index (χ2v) is 2.62. The Bertz CT molecular complexity index is 332. The number of nitrogens with one attached hydrogen (secondary N) is 1. The van der Waals surface area contributed by atoms with Crippen molar-refractivity contribution in [1.29, 1.82) is 0 Å². The van der Waals surface area contributed by atoms with Gasteiger partial charge in [0.15, 0.2) is 0 Å². The van der Waals surface area contributed by atoms with E-state index in [9.17, 15) is 4.79 Å². The van der Waals surface area contributed by atoms with Gasteiger partial charge in [-0.2, -0.15) is 0 Å². The molecule has 0 amide bonds. The molecular weight excluding hydrogens is 184 g/mol. The van der Waals surface area contributed by atoms with Crippen molar-refractivity contribution in [2.75, 3.05) is 0 Å². The number of carboxylic acids is 1. The number of hydrogen-bond acceptors (Lipinski definition) is 3. The third kappa shape index (κ3) is 3.24. The van der Waals surface area contributed by atoms with E-state index in [0.717, 1.165) is 6.34 Å². The van der Waals surface area contributed by atoms with E-state index < -0.39 is 5.97 Å². The lowest BCUT2D eigenvalue weighted by molar-refractivity contribution is -0.136. The molecule has 0 fully saturated rings. The summed E-state index contributed by atoms with van der Waals surface area (Å²) < 4.78 is 0. The number of carboxylic acid groups (broad SMARTS) is 1. The minimum absolute atomic E-state index is 0.00223. The fourth-order valence-electron chi connectivity index (χ4n) is 0.978. The van der Waals surface area contributed by atoms with Crippen molar-refractivity contribution in [3.05, 3.63) is 29.8 Å². The Morgan fingerprint density at radius 3 is 2.57 bits per heavy atom. The highest BCUT2D eigenvalue weighted by Gasteiger charge is 1.98. The monoisotopic (exact) mass is 194 g/mol. The first-order valence-corrected chi connectivity index (χ1v) is 3.95. The molecule has 0 aliphatic rings. The average Bonchev–Trinajstić information content (AvgIpc) is 2.16. The van der Waals surface area contributed by atoms with Crippen LogP contribution in [0.4, 0.5) is 5.69 Å². The van der Waals surface area contributed by atoms with E-state index in [1.807, 2.05) is 0 Å². The SMILES string of the molecule is O=C(O)Cc1ccc(N=CNO)cc1. The molecule has 0 saturated heterocycles. The number of rotatable bonds is 4. The molecule has 0 bridgehead atoms. The van der Waals surface area contributed by atoms with Gasteiger partial charge in [-0.3, -0.25) is 15.5 Å². The molecule has 5 nitrogen and oxygen atoms in total. The van der Waals surface area contributed by atoms with Crippen molar-refractivity contribution in [3.63, 3.8) is 0 Å². The molecule has 0 aliphatic heterocycles. The van der Waals surface area contributed by atoms with Crippen LogP contribution in [0.2, 0.25) is 0 Å². The number of carbonyl (C=O) groups is 1. The minimum atomic E-state index is -0.863. The summed E-state index contributed by atoms with van der Waals surface area (Å²) >= 11 is 0. The van der Waals surface area contributed by atoms with Gasteiger partial charge in [0.25, 0.3) is 0 Å². The fraction of sp³-hybridized carbons (Fsp3) is 0.111.